The molecule has 1 amide bonds. The predicted octanol–water partition coefficient (Wildman–Crippen LogP) is 5.51. The van der Waals surface area contributed by atoms with Crippen molar-refractivity contribution in [2.24, 2.45) is 0 Å². The highest BCUT2D eigenvalue weighted by atomic mass is 79.9. The number of ether oxygens (including phenoxy) is 1. The molecule has 1 atom stereocenters. The number of Topliss-reactive ketones (excluding diaryl/α,β-unsaturated/α-hetero) is 1. The number of amides is 1. The number of benzene rings is 3. The van der Waals surface area contributed by atoms with Gasteiger partial charge >= 0.3 is 0 Å². The summed E-state index contributed by atoms with van der Waals surface area (Å²) in [4.78, 5) is 42.1. The number of aromatic amines is 1. The maximum Gasteiger partial charge on any atom is 0.295 e. The Morgan fingerprint density at radius 1 is 1.13 bits per heavy atom. The number of carbonyl (C=O) groups is 2. The molecule has 0 spiro atoms. The van der Waals surface area contributed by atoms with Crippen LogP contribution in [0.4, 0.5) is 5.69 Å². The molecule has 0 saturated carbocycles. The van der Waals surface area contributed by atoms with E-state index in [-0.39, 0.29) is 23.6 Å². The number of fused-ring (bicyclic) bond motifs is 1. The minimum absolute atomic E-state index is 0.113. The van der Waals surface area contributed by atoms with Crippen molar-refractivity contribution in [3.8, 4) is 5.75 Å². The molecule has 9 nitrogen and oxygen atoms in total. The first kappa shape index (κ1) is 25.2. The van der Waals surface area contributed by atoms with Crippen LogP contribution in [0.1, 0.15) is 22.7 Å². The highest BCUT2D eigenvalue weighted by Gasteiger charge is 2.46. The largest absolute Gasteiger partial charge is 0.507 e. The third-order valence-electron chi connectivity index (χ3n) is 6.65. The minimum atomic E-state index is -1.00. The number of rotatable bonds is 7. The van der Waals surface area contributed by atoms with Gasteiger partial charge in [0.15, 0.2) is 0 Å². The van der Waals surface area contributed by atoms with Crippen LogP contribution in [0, 0.1) is 10.1 Å². The Kier molecular flexibility index (Phi) is 6.73. The van der Waals surface area contributed by atoms with Crippen LogP contribution in [0.2, 0.25) is 0 Å². The van der Waals surface area contributed by atoms with Crippen LogP contribution in [0.15, 0.2) is 83.0 Å². The zero-order chi connectivity index (χ0) is 27.0. The zero-order valence-corrected chi connectivity index (χ0v) is 21.8. The second-order valence-electron chi connectivity index (χ2n) is 8.83. The molecule has 5 rings (SSSR count). The summed E-state index contributed by atoms with van der Waals surface area (Å²) in [6.45, 7) is 0.138. The summed E-state index contributed by atoms with van der Waals surface area (Å²) in [5.74, 6) is -1.28. The third kappa shape index (κ3) is 4.54. The van der Waals surface area contributed by atoms with Gasteiger partial charge in [-0.2, -0.15) is 0 Å². The van der Waals surface area contributed by atoms with Crippen LogP contribution in [-0.4, -0.2) is 45.3 Å². The summed E-state index contributed by atoms with van der Waals surface area (Å²) in [5, 5.41) is 23.6. The summed E-state index contributed by atoms with van der Waals surface area (Å²) in [6.07, 6.45) is 2.23. The lowest BCUT2D eigenvalue weighted by atomic mass is 9.95. The van der Waals surface area contributed by atoms with E-state index in [1.165, 1.54) is 23.1 Å². The van der Waals surface area contributed by atoms with Gasteiger partial charge < -0.3 is 19.7 Å². The lowest BCUT2D eigenvalue weighted by Crippen LogP contribution is -2.31. The van der Waals surface area contributed by atoms with Crippen molar-refractivity contribution in [1.82, 2.24) is 9.88 Å². The number of likely N-dealkylation sites (tertiary alicyclic amines) is 1. The summed E-state index contributed by atoms with van der Waals surface area (Å²) in [6, 6.07) is 17.1. The van der Waals surface area contributed by atoms with E-state index in [2.05, 4.69) is 20.9 Å². The number of methoxy groups -OCH3 is 1. The van der Waals surface area contributed by atoms with E-state index in [1.54, 1.807) is 37.4 Å². The van der Waals surface area contributed by atoms with E-state index >= 15 is 0 Å². The number of aliphatic hydroxyl groups is 1. The standard InChI is InChI=1S/C28H22BrN3O6/c1-38-21-9-10-23-22(14-21)18(15-30-23)11-12-31-25(17-3-2-4-20(13-17)32(36)37)24(27(34)28(31)35)26(33)16-5-7-19(29)8-6-16/h2-10,13-15,25,30,33H,11-12H2,1H3/t25-/m1/s1. The zero-order valence-electron chi connectivity index (χ0n) is 20.2. The fourth-order valence-electron chi connectivity index (χ4n) is 4.76. The molecule has 0 radical (unpaired) electrons. The number of aromatic nitrogens is 1. The molecule has 10 heteroatoms. The molecular weight excluding hydrogens is 554 g/mol. The van der Waals surface area contributed by atoms with Crippen molar-refractivity contribution in [1.29, 1.82) is 0 Å². The van der Waals surface area contributed by atoms with Gasteiger partial charge in [0.05, 0.1) is 23.6 Å². The number of non-ortho nitro benzene ring substituents is 1. The fraction of sp³-hybridized carbons (Fsp3) is 0.143. The number of carbonyl (C=O) groups excluding carboxylic acids is 2. The first-order chi connectivity index (χ1) is 18.3. The van der Waals surface area contributed by atoms with Crippen molar-refractivity contribution >= 4 is 50.0 Å². The fourth-order valence-corrected chi connectivity index (χ4v) is 5.03. The smallest absolute Gasteiger partial charge is 0.295 e. The lowest BCUT2D eigenvalue weighted by molar-refractivity contribution is -0.384. The van der Waals surface area contributed by atoms with Crippen molar-refractivity contribution < 1.29 is 24.4 Å². The second-order valence-corrected chi connectivity index (χ2v) is 9.74. The quantitative estimate of drug-likeness (QED) is 0.0983. The highest BCUT2D eigenvalue weighted by Crippen LogP contribution is 2.40. The normalized spacial score (nSPS) is 16.8. The Morgan fingerprint density at radius 2 is 1.89 bits per heavy atom. The van der Waals surface area contributed by atoms with Gasteiger partial charge in [-0.3, -0.25) is 19.7 Å². The Labute approximate surface area is 225 Å². The molecule has 2 N–H and O–H groups in total. The number of nitrogens with one attached hydrogen (secondary N) is 1. The maximum atomic E-state index is 13.3. The van der Waals surface area contributed by atoms with Gasteiger partial charge in [-0.15, -0.1) is 0 Å². The molecule has 1 saturated heterocycles. The first-order valence-electron chi connectivity index (χ1n) is 11.7. The van der Waals surface area contributed by atoms with Gasteiger partial charge in [-0.1, -0.05) is 40.2 Å². The lowest BCUT2D eigenvalue weighted by Gasteiger charge is -2.25. The number of nitro groups is 1. The number of aliphatic hydroxyl groups excluding tert-OH is 1. The average Bonchev–Trinajstić information content (AvgIpc) is 3.44. The summed E-state index contributed by atoms with van der Waals surface area (Å²) >= 11 is 3.34. The molecule has 1 fully saturated rings. The number of H-pyrrole nitrogens is 1. The molecule has 0 aliphatic carbocycles. The van der Waals surface area contributed by atoms with Gasteiger partial charge in [0, 0.05) is 45.8 Å². The number of nitrogens with zero attached hydrogens (tertiary/aromatic N) is 2. The maximum absolute atomic E-state index is 13.3. The Balaban J connectivity index is 1.58. The van der Waals surface area contributed by atoms with Crippen LogP contribution in [0.5, 0.6) is 5.75 Å². The summed E-state index contributed by atoms with van der Waals surface area (Å²) in [7, 11) is 1.58. The average molecular weight is 576 g/mol. The highest BCUT2D eigenvalue weighted by molar-refractivity contribution is 9.10. The van der Waals surface area contributed by atoms with Gasteiger partial charge in [-0.05, 0) is 47.9 Å². The molecule has 4 aromatic rings. The van der Waals surface area contributed by atoms with Crippen LogP contribution in [0.3, 0.4) is 0 Å². The number of nitro benzene ring substituents is 1. The second kappa shape index (κ2) is 10.1. The molecule has 1 aromatic heterocycles. The molecule has 0 unspecified atom stereocenters. The topological polar surface area (TPSA) is 126 Å². The first-order valence-corrected chi connectivity index (χ1v) is 12.5. The molecule has 0 bridgehead atoms. The SMILES string of the molecule is COc1ccc2[nH]cc(CCN3C(=O)C(=O)C(=C(O)c4ccc(Br)cc4)[C@H]3c3cccc([N+](=O)[O-])c3)c2c1. The third-order valence-corrected chi connectivity index (χ3v) is 7.18. The van der Waals surface area contributed by atoms with Crippen LogP contribution in [0.25, 0.3) is 16.7 Å². The number of halogens is 1. The number of hydrogen-bond acceptors (Lipinski definition) is 6. The Morgan fingerprint density at radius 3 is 2.61 bits per heavy atom. The summed E-state index contributed by atoms with van der Waals surface area (Å²) in [5.41, 5.74) is 2.22. The van der Waals surface area contributed by atoms with Crippen molar-refractivity contribution in [3.63, 3.8) is 0 Å². The van der Waals surface area contributed by atoms with Gasteiger partial charge in [0.25, 0.3) is 17.4 Å². The van der Waals surface area contributed by atoms with Crippen molar-refractivity contribution in [2.75, 3.05) is 13.7 Å². The van der Waals surface area contributed by atoms with E-state index < -0.39 is 22.7 Å². The molecular formula is C28H22BrN3O6. The molecule has 1 aliphatic rings. The van der Waals surface area contributed by atoms with E-state index in [9.17, 15) is 24.8 Å². The van der Waals surface area contributed by atoms with E-state index in [0.29, 0.717) is 23.3 Å². The summed E-state index contributed by atoms with van der Waals surface area (Å²) < 4.78 is 6.11. The predicted molar refractivity (Wildman–Crippen MR) is 145 cm³/mol. The van der Waals surface area contributed by atoms with Crippen LogP contribution in [-0.2, 0) is 16.0 Å². The molecule has 192 valence electrons. The van der Waals surface area contributed by atoms with Crippen molar-refractivity contribution in [3.05, 3.63) is 110 Å². The van der Waals surface area contributed by atoms with E-state index in [4.69, 9.17) is 4.74 Å². The number of ketones is 1. The van der Waals surface area contributed by atoms with Gasteiger partial charge in [0.2, 0.25) is 0 Å². The van der Waals surface area contributed by atoms with E-state index in [1.807, 2.05) is 24.4 Å². The van der Waals surface area contributed by atoms with Gasteiger partial charge in [0.1, 0.15) is 11.5 Å². The Hall–Kier alpha value is -4.44. The molecule has 3 aromatic carbocycles. The number of hydrogen-bond donors (Lipinski definition) is 2. The van der Waals surface area contributed by atoms with Crippen LogP contribution < -0.4 is 4.74 Å². The monoisotopic (exact) mass is 575 g/mol. The Bertz CT molecular complexity index is 1610. The van der Waals surface area contributed by atoms with Crippen LogP contribution >= 0.6 is 15.9 Å². The van der Waals surface area contributed by atoms with E-state index in [0.717, 1.165) is 20.9 Å². The minimum Gasteiger partial charge on any atom is -0.507 e. The van der Waals surface area contributed by atoms with Crippen molar-refractivity contribution in [2.45, 2.75) is 12.5 Å². The molecule has 38 heavy (non-hydrogen) atoms. The molecule has 1 aliphatic heterocycles. The molecule has 2 heterocycles. The van der Waals surface area contributed by atoms with Gasteiger partial charge in [-0.25, -0.2) is 0 Å².